The molecule has 1 aromatic heterocycles. The molecule has 3 aromatic rings. The van der Waals surface area contributed by atoms with Crippen LogP contribution in [0.5, 0.6) is 0 Å². The fraction of sp³-hybridized carbons (Fsp3) is 0.433. The number of amides is 3. The molecule has 0 spiro atoms. The molecule has 2 N–H and O–H groups in total. The van der Waals surface area contributed by atoms with Crippen LogP contribution in [0, 0.1) is 12.8 Å². The van der Waals surface area contributed by atoms with Gasteiger partial charge in [0.1, 0.15) is 5.82 Å². The lowest BCUT2D eigenvalue weighted by atomic mass is 10.0. The predicted octanol–water partition coefficient (Wildman–Crippen LogP) is 4.51. The van der Waals surface area contributed by atoms with Gasteiger partial charge >= 0.3 is 6.03 Å². The van der Waals surface area contributed by atoms with Crippen molar-refractivity contribution in [1.29, 1.82) is 0 Å². The molecule has 9 nitrogen and oxygen atoms in total. The largest absolute Gasteiger partial charge is 0.338 e. The number of rotatable bonds is 6. The van der Waals surface area contributed by atoms with E-state index in [0.29, 0.717) is 24.6 Å². The van der Waals surface area contributed by atoms with E-state index in [4.69, 9.17) is 0 Å². The molecule has 1 unspecified atom stereocenters. The number of carbonyl (C=O) groups is 2. The molecule has 0 saturated carbocycles. The van der Waals surface area contributed by atoms with Crippen LogP contribution < -0.4 is 15.5 Å². The van der Waals surface area contributed by atoms with E-state index in [-0.39, 0.29) is 11.9 Å². The zero-order valence-corrected chi connectivity index (χ0v) is 23.4. The smallest absolute Gasteiger partial charge is 0.317 e. The zero-order valence-electron chi connectivity index (χ0n) is 23.4. The Balaban J connectivity index is 1.23. The topological polar surface area (TPSA) is 85.7 Å². The van der Waals surface area contributed by atoms with Crippen LogP contribution in [0.2, 0.25) is 0 Å². The van der Waals surface area contributed by atoms with Crippen molar-refractivity contribution >= 4 is 29.1 Å². The Kier molecular flexibility index (Phi) is 7.88. The number of para-hydroxylation sites is 2. The number of urea groups is 1. The maximum absolute atomic E-state index is 13.8. The molecule has 0 radical (unpaired) electrons. The van der Waals surface area contributed by atoms with Gasteiger partial charge in [-0.25, -0.2) is 4.79 Å². The first-order chi connectivity index (χ1) is 18.8. The highest BCUT2D eigenvalue weighted by Gasteiger charge is 2.27. The van der Waals surface area contributed by atoms with Crippen molar-refractivity contribution < 1.29 is 9.59 Å². The van der Waals surface area contributed by atoms with E-state index < -0.39 is 0 Å². The van der Waals surface area contributed by atoms with E-state index >= 15 is 0 Å². The van der Waals surface area contributed by atoms with Gasteiger partial charge in [0.25, 0.3) is 5.91 Å². The van der Waals surface area contributed by atoms with Gasteiger partial charge in [-0.2, -0.15) is 5.10 Å². The molecular formula is C30H39N7O2. The summed E-state index contributed by atoms with van der Waals surface area (Å²) in [5, 5.41) is 10.9. The lowest BCUT2D eigenvalue weighted by Gasteiger charge is -2.35. The second kappa shape index (κ2) is 11.5. The second-order valence-corrected chi connectivity index (χ2v) is 10.8. The molecule has 1 fully saturated rings. The number of nitrogens with zero attached hydrogens (tertiary/aromatic N) is 5. The third-order valence-corrected chi connectivity index (χ3v) is 7.98. The number of fused-ring (bicyclic) bond motifs is 2. The van der Waals surface area contributed by atoms with Gasteiger partial charge in [0.15, 0.2) is 0 Å². The number of nitrogens with one attached hydrogen (secondary N) is 2. The normalized spacial score (nSPS) is 16.1. The van der Waals surface area contributed by atoms with Crippen molar-refractivity contribution in [2.24, 2.45) is 13.0 Å². The number of hydrogen-bond acceptors (Lipinski definition) is 5. The number of benzene rings is 2. The molecule has 206 valence electrons. The molecule has 0 aliphatic carbocycles. The summed E-state index contributed by atoms with van der Waals surface area (Å²) in [6.45, 7) is 11.8. The highest BCUT2D eigenvalue weighted by atomic mass is 16.2. The monoisotopic (exact) mass is 529 g/mol. The van der Waals surface area contributed by atoms with Crippen molar-refractivity contribution in [3.63, 3.8) is 0 Å². The van der Waals surface area contributed by atoms with Crippen molar-refractivity contribution in [2.75, 3.05) is 42.9 Å². The molecule has 9 heteroatoms. The van der Waals surface area contributed by atoms with Gasteiger partial charge in [-0.05, 0) is 48.2 Å². The van der Waals surface area contributed by atoms with Crippen LogP contribution in [0.25, 0.3) is 0 Å². The van der Waals surface area contributed by atoms with Gasteiger partial charge in [0.05, 0.1) is 24.1 Å². The Bertz CT molecular complexity index is 1340. The zero-order chi connectivity index (χ0) is 27.5. The van der Waals surface area contributed by atoms with Gasteiger partial charge in [0, 0.05) is 57.4 Å². The van der Waals surface area contributed by atoms with Crippen LogP contribution in [0.15, 0.2) is 48.7 Å². The summed E-state index contributed by atoms with van der Waals surface area (Å²) in [5.41, 5.74) is 5.24. The lowest BCUT2D eigenvalue weighted by Crippen LogP contribution is -2.52. The third-order valence-electron chi connectivity index (χ3n) is 7.98. The molecule has 1 atom stereocenters. The van der Waals surface area contributed by atoms with Gasteiger partial charge in [-0.1, -0.05) is 38.5 Å². The summed E-state index contributed by atoms with van der Waals surface area (Å²) >= 11 is 0. The summed E-state index contributed by atoms with van der Waals surface area (Å²) in [4.78, 5) is 32.7. The Morgan fingerprint density at radius 1 is 1.10 bits per heavy atom. The Morgan fingerprint density at radius 2 is 1.87 bits per heavy atom. The number of hydrogen-bond donors (Lipinski definition) is 2. The first-order valence-corrected chi connectivity index (χ1v) is 13.9. The van der Waals surface area contributed by atoms with E-state index in [1.54, 1.807) is 15.8 Å². The Hall–Kier alpha value is -3.85. The number of anilines is 3. The first kappa shape index (κ1) is 26.7. The second-order valence-electron chi connectivity index (χ2n) is 10.8. The number of aromatic nitrogens is 2. The molecule has 2 aliphatic heterocycles. The van der Waals surface area contributed by atoms with Gasteiger partial charge in [-0.15, -0.1) is 0 Å². The quantitative estimate of drug-likeness (QED) is 0.491. The lowest BCUT2D eigenvalue weighted by molar-refractivity contribution is 0.0985. The highest BCUT2D eigenvalue weighted by Crippen LogP contribution is 2.36. The van der Waals surface area contributed by atoms with Crippen LogP contribution in [0.4, 0.5) is 22.0 Å². The van der Waals surface area contributed by atoms with Crippen LogP contribution >= 0.6 is 0 Å². The molecule has 3 amide bonds. The summed E-state index contributed by atoms with van der Waals surface area (Å²) in [6.07, 6.45) is 2.98. The fourth-order valence-corrected chi connectivity index (χ4v) is 5.31. The molecule has 0 bridgehead atoms. The minimum atomic E-state index is -0.0742. The summed E-state index contributed by atoms with van der Waals surface area (Å²) in [6, 6.07) is 13.5. The number of aryl methyl sites for hydroxylation is 2. The van der Waals surface area contributed by atoms with Crippen LogP contribution in [-0.2, 0) is 20.1 Å². The average Bonchev–Trinajstić information content (AvgIpc) is 3.19. The van der Waals surface area contributed by atoms with Crippen molar-refractivity contribution in [2.45, 2.75) is 40.3 Å². The molecule has 39 heavy (non-hydrogen) atoms. The van der Waals surface area contributed by atoms with E-state index in [2.05, 4.69) is 34.5 Å². The molecule has 2 aromatic carbocycles. The minimum absolute atomic E-state index is 0.0290. The molecule has 1 saturated heterocycles. The molecule has 5 rings (SSSR count). The number of piperazine rings is 1. The van der Waals surface area contributed by atoms with Crippen LogP contribution in [-0.4, -0.2) is 64.2 Å². The van der Waals surface area contributed by atoms with Gasteiger partial charge < -0.3 is 20.4 Å². The average molecular weight is 530 g/mol. The Labute approximate surface area is 230 Å². The van der Waals surface area contributed by atoms with E-state index in [9.17, 15) is 9.59 Å². The standard InChI is InChI=1S/C30H39N7O2/c1-5-21(2)19-35-12-14-36(15-13-35)30(39)31-17-24-11-10-23(16-22(24)3)29(38)37-20-25-18-32-34(4)28(25)33-26-8-6-7-9-27(26)37/h6-11,16,18,21,33H,5,12-15,17,19-20H2,1-4H3,(H,31,39). The fourth-order valence-electron chi connectivity index (χ4n) is 5.31. The SMILES string of the molecule is CCC(C)CN1CCN(C(=O)NCc2ccc(C(=O)N3Cc4cnn(C)c4Nc4ccccc43)cc2C)CC1. The summed E-state index contributed by atoms with van der Waals surface area (Å²) in [5.74, 6) is 1.49. The van der Waals surface area contributed by atoms with Gasteiger partial charge in [0.2, 0.25) is 0 Å². The third kappa shape index (κ3) is 5.78. The Morgan fingerprint density at radius 3 is 2.62 bits per heavy atom. The number of carbonyl (C=O) groups excluding carboxylic acids is 2. The van der Waals surface area contributed by atoms with Crippen LogP contribution in [0.1, 0.15) is 47.3 Å². The predicted molar refractivity (Wildman–Crippen MR) is 154 cm³/mol. The molecular weight excluding hydrogens is 490 g/mol. The molecule has 3 heterocycles. The molecule has 2 aliphatic rings. The van der Waals surface area contributed by atoms with E-state index in [0.717, 1.165) is 66.6 Å². The highest BCUT2D eigenvalue weighted by molar-refractivity contribution is 6.08. The minimum Gasteiger partial charge on any atom is -0.338 e. The first-order valence-electron chi connectivity index (χ1n) is 13.9. The van der Waals surface area contributed by atoms with Crippen molar-refractivity contribution in [1.82, 2.24) is 24.9 Å². The van der Waals surface area contributed by atoms with Gasteiger partial charge in [-0.3, -0.25) is 14.4 Å². The van der Waals surface area contributed by atoms with E-state index in [1.807, 2.05) is 61.3 Å². The van der Waals surface area contributed by atoms with E-state index in [1.165, 1.54) is 6.42 Å². The van der Waals surface area contributed by atoms with Crippen molar-refractivity contribution in [3.05, 3.63) is 70.9 Å². The summed E-state index contributed by atoms with van der Waals surface area (Å²) in [7, 11) is 1.89. The maximum atomic E-state index is 13.8. The maximum Gasteiger partial charge on any atom is 0.317 e. The van der Waals surface area contributed by atoms with Crippen molar-refractivity contribution in [3.8, 4) is 0 Å². The summed E-state index contributed by atoms with van der Waals surface area (Å²) < 4.78 is 1.79. The van der Waals surface area contributed by atoms with Crippen LogP contribution in [0.3, 0.4) is 0 Å².